The van der Waals surface area contributed by atoms with E-state index in [-0.39, 0.29) is 17.9 Å². The Labute approximate surface area is 157 Å². The van der Waals surface area contributed by atoms with Crippen molar-refractivity contribution < 1.29 is 9.32 Å². The molecule has 1 saturated heterocycles. The Hall–Kier alpha value is -3.03. The van der Waals surface area contributed by atoms with Crippen LogP contribution in [0.15, 0.2) is 34.9 Å². The maximum absolute atomic E-state index is 13.0. The lowest BCUT2D eigenvalue weighted by Gasteiger charge is -2.23. The number of hydrogen-bond donors (Lipinski definition) is 0. The van der Waals surface area contributed by atoms with E-state index in [0.29, 0.717) is 11.4 Å². The number of benzene rings is 1. The van der Waals surface area contributed by atoms with Gasteiger partial charge in [0.05, 0.1) is 13.1 Å². The third-order valence-corrected chi connectivity index (χ3v) is 4.87. The van der Waals surface area contributed by atoms with Crippen LogP contribution in [0.3, 0.4) is 0 Å². The van der Waals surface area contributed by atoms with Crippen molar-refractivity contribution in [3.63, 3.8) is 0 Å². The second-order valence-electron chi connectivity index (χ2n) is 7.15. The number of hydrogen-bond acceptors (Lipinski definition) is 6. The van der Waals surface area contributed by atoms with Crippen LogP contribution in [0.2, 0.25) is 0 Å². The monoisotopic (exact) mass is 366 g/mol. The van der Waals surface area contributed by atoms with Crippen LogP contribution in [0.4, 0.5) is 0 Å². The van der Waals surface area contributed by atoms with E-state index in [4.69, 9.17) is 4.52 Å². The topological polar surface area (TPSA) is 89.9 Å². The zero-order valence-corrected chi connectivity index (χ0v) is 15.7. The van der Waals surface area contributed by atoms with Gasteiger partial charge in [0, 0.05) is 29.7 Å². The van der Waals surface area contributed by atoms with Gasteiger partial charge in [-0.15, -0.1) is 10.2 Å². The van der Waals surface area contributed by atoms with E-state index in [0.717, 1.165) is 36.4 Å². The van der Waals surface area contributed by atoms with Crippen LogP contribution in [0.25, 0.3) is 11.4 Å². The number of likely N-dealkylation sites (tertiary alicyclic amines) is 1. The molecular formula is C19H22N6O2. The van der Waals surface area contributed by atoms with Gasteiger partial charge in [0.25, 0.3) is 5.91 Å². The van der Waals surface area contributed by atoms with Crippen molar-refractivity contribution in [2.24, 2.45) is 7.05 Å². The zero-order chi connectivity index (χ0) is 19.0. The summed E-state index contributed by atoms with van der Waals surface area (Å²) < 4.78 is 5.43. The number of nitrogens with zero attached hydrogens (tertiary/aromatic N) is 6. The molecule has 0 bridgehead atoms. The molecule has 1 fully saturated rings. The van der Waals surface area contributed by atoms with Gasteiger partial charge in [-0.1, -0.05) is 31.1 Å². The van der Waals surface area contributed by atoms with Crippen molar-refractivity contribution in [1.29, 1.82) is 0 Å². The Morgan fingerprint density at radius 3 is 2.67 bits per heavy atom. The summed E-state index contributed by atoms with van der Waals surface area (Å²) >= 11 is 0. The number of carbonyl (C=O) groups excluding carboxylic acids is 1. The second-order valence-corrected chi connectivity index (χ2v) is 7.15. The average molecular weight is 366 g/mol. The molecule has 1 aliphatic heterocycles. The van der Waals surface area contributed by atoms with Gasteiger partial charge >= 0.3 is 0 Å². The highest BCUT2D eigenvalue weighted by atomic mass is 16.5. The molecule has 3 heterocycles. The molecule has 0 aliphatic carbocycles. The summed E-state index contributed by atoms with van der Waals surface area (Å²) in [5.41, 5.74) is 2.31. The number of amides is 1. The summed E-state index contributed by atoms with van der Waals surface area (Å²) in [5.74, 6) is 1.67. The normalized spacial score (nSPS) is 17.0. The fourth-order valence-corrected chi connectivity index (χ4v) is 3.38. The third-order valence-electron chi connectivity index (χ3n) is 4.87. The molecule has 1 atom stereocenters. The molecule has 0 radical (unpaired) electrons. The van der Waals surface area contributed by atoms with Crippen LogP contribution < -0.4 is 0 Å². The Kier molecular flexibility index (Phi) is 4.47. The van der Waals surface area contributed by atoms with Crippen molar-refractivity contribution in [2.45, 2.75) is 38.6 Å². The lowest BCUT2D eigenvalue weighted by atomic mass is 10.1. The minimum Gasteiger partial charge on any atom is -0.361 e. The number of carbonyl (C=O) groups is 1. The zero-order valence-electron chi connectivity index (χ0n) is 15.7. The second kappa shape index (κ2) is 6.94. The molecule has 2 aromatic heterocycles. The molecule has 1 amide bonds. The van der Waals surface area contributed by atoms with Gasteiger partial charge in [-0.25, -0.2) is 0 Å². The highest BCUT2D eigenvalue weighted by Crippen LogP contribution is 2.34. The molecule has 0 spiro atoms. The fraction of sp³-hybridized carbons (Fsp3) is 0.421. The Morgan fingerprint density at radius 2 is 2.04 bits per heavy atom. The van der Waals surface area contributed by atoms with Gasteiger partial charge in [-0.2, -0.15) is 4.80 Å². The average Bonchev–Trinajstić information content (AvgIpc) is 3.40. The van der Waals surface area contributed by atoms with E-state index in [9.17, 15) is 4.79 Å². The molecule has 140 valence electrons. The smallest absolute Gasteiger partial charge is 0.254 e. The first-order chi connectivity index (χ1) is 13.0. The Morgan fingerprint density at radius 1 is 1.26 bits per heavy atom. The fourth-order valence-electron chi connectivity index (χ4n) is 3.38. The molecule has 8 nitrogen and oxygen atoms in total. The largest absolute Gasteiger partial charge is 0.361 e. The van der Waals surface area contributed by atoms with Gasteiger partial charge in [-0.3, -0.25) is 4.79 Å². The van der Waals surface area contributed by atoms with E-state index in [1.807, 2.05) is 35.2 Å². The molecule has 3 aromatic rings. The van der Waals surface area contributed by atoms with Crippen molar-refractivity contribution in [3.8, 4) is 11.4 Å². The lowest BCUT2D eigenvalue weighted by Crippen LogP contribution is -2.30. The number of aromatic nitrogens is 5. The van der Waals surface area contributed by atoms with Crippen LogP contribution in [-0.2, 0) is 7.05 Å². The van der Waals surface area contributed by atoms with E-state index in [1.54, 1.807) is 7.05 Å². The van der Waals surface area contributed by atoms with E-state index < -0.39 is 0 Å². The first-order valence-electron chi connectivity index (χ1n) is 9.15. The van der Waals surface area contributed by atoms with Gasteiger partial charge in [-0.05, 0) is 30.2 Å². The van der Waals surface area contributed by atoms with Crippen LogP contribution >= 0.6 is 0 Å². The predicted molar refractivity (Wildman–Crippen MR) is 97.8 cm³/mol. The van der Waals surface area contributed by atoms with Gasteiger partial charge in [0.1, 0.15) is 11.5 Å². The maximum Gasteiger partial charge on any atom is 0.254 e. The summed E-state index contributed by atoms with van der Waals surface area (Å²) in [4.78, 5) is 16.3. The SMILES string of the molecule is CC(C)c1cc([C@H]2CCCN2C(=O)c2ccc(-c3nnn(C)n3)cc2)no1. The summed E-state index contributed by atoms with van der Waals surface area (Å²) in [6.07, 6.45) is 1.86. The quantitative estimate of drug-likeness (QED) is 0.705. The molecular weight excluding hydrogens is 344 g/mol. The molecule has 0 N–H and O–H groups in total. The molecule has 8 heteroatoms. The molecule has 1 aromatic carbocycles. The van der Waals surface area contributed by atoms with Crippen molar-refractivity contribution in [1.82, 2.24) is 30.3 Å². The maximum atomic E-state index is 13.0. The van der Waals surface area contributed by atoms with Gasteiger partial charge < -0.3 is 9.42 Å². The van der Waals surface area contributed by atoms with Crippen LogP contribution in [0, 0.1) is 0 Å². The summed E-state index contributed by atoms with van der Waals surface area (Å²) in [5, 5.41) is 16.2. The van der Waals surface area contributed by atoms with Crippen molar-refractivity contribution in [2.75, 3.05) is 6.54 Å². The number of tetrazole rings is 1. The first-order valence-corrected chi connectivity index (χ1v) is 9.15. The lowest BCUT2D eigenvalue weighted by molar-refractivity contribution is 0.0731. The van der Waals surface area contributed by atoms with Gasteiger partial charge in [0.2, 0.25) is 5.82 Å². The summed E-state index contributed by atoms with van der Waals surface area (Å²) in [6.45, 7) is 4.85. The molecule has 0 saturated carbocycles. The van der Waals surface area contributed by atoms with E-state index in [2.05, 4.69) is 34.4 Å². The molecule has 27 heavy (non-hydrogen) atoms. The minimum atomic E-state index is -0.0323. The molecule has 4 rings (SSSR count). The van der Waals surface area contributed by atoms with E-state index >= 15 is 0 Å². The predicted octanol–water partition coefficient (Wildman–Crippen LogP) is 2.97. The number of aryl methyl sites for hydroxylation is 1. The van der Waals surface area contributed by atoms with Gasteiger partial charge in [0.15, 0.2) is 0 Å². The molecule has 0 unspecified atom stereocenters. The summed E-state index contributed by atoms with van der Waals surface area (Å²) in [6, 6.07) is 9.27. The van der Waals surface area contributed by atoms with E-state index in [1.165, 1.54) is 4.80 Å². The Balaban J connectivity index is 1.54. The van der Waals surface area contributed by atoms with Crippen molar-refractivity contribution in [3.05, 3.63) is 47.3 Å². The number of rotatable bonds is 4. The van der Waals surface area contributed by atoms with Crippen LogP contribution in [0.5, 0.6) is 0 Å². The Bertz CT molecular complexity index is 943. The van der Waals surface area contributed by atoms with Crippen molar-refractivity contribution >= 4 is 5.91 Å². The summed E-state index contributed by atoms with van der Waals surface area (Å²) in [7, 11) is 1.72. The minimum absolute atomic E-state index is 0.00486. The van der Waals surface area contributed by atoms with Crippen LogP contribution in [0.1, 0.15) is 60.5 Å². The highest BCUT2D eigenvalue weighted by Gasteiger charge is 2.33. The first kappa shape index (κ1) is 17.4. The molecule has 1 aliphatic rings. The standard InChI is InChI=1S/C19H22N6O2/c1-12(2)17-11-15(22-27-17)16-5-4-10-25(16)19(26)14-8-6-13(7-9-14)18-20-23-24(3)21-18/h6-9,11-12,16H,4-5,10H2,1-3H3/t16-/m1/s1. The van der Waals surface area contributed by atoms with Crippen LogP contribution in [-0.4, -0.2) is 42.7 Å². The highest BCUT2D eigenvalue weighted by molar-refractivity contribution is 5.95. The third kappa shape index (κ3) is 3.34.